The van der Waals surface area contributed by atoms with E-state index < -0.39 is 9.84 Å². The molecule has 0 aromatic heterocycles. The highest BCUT2D eigenvalue weighted by atomic mass is 35.5. The van der Waals surface area contributed by atoms with Crippen molar-refractivity contribution < 1.29 is 8.42 Å². The van der Waals surface area contributed by atoms with Crippen molar-refractivity contribution in [2.45, 2.75) is 11.8 Å². The Hall–Kier alpha value is -1.58. The third-order valence-corrected chi connectivity index (χ3v) is 4.91. The Morgan fingerprint density at radius 2 is 1.58 bits per heavy atom. The number of rotatable bonds is 3. The highest BCUT2D eigenvalue weighted by Crippen LogP contribution is 2.24. The van der Waals surface area contributed by atoms with Crippen LogP contribution >= 0.6 is 11.6 Å². The Bertz CT molecular complexity index is 687. The van der Waals surface area contributed by atoms with Gasteiger partial charge in [0.2, 0.25) is 9.84 Å². The van der Waals surface area contributed by atoms with Crippen LogP contribution in [0.15, 0.2) is 63.9 Å². The number of aryl methyl sites for hydroxylation is 1. The lowest BCUT2D eigenvalue weighted by atomic mass is 10.2. The van der Waals surface area contributed by atoms with Gasteiger partial charge in [-0.05, 0) is 30.7 Å². The molecule has 0 saturated carbocycles. The molecule has 2 aromatic rings. The number of sulfone groups is 1. The zero-order chi connectivity index (χ0) is 13.9. The molecule has 0 heterocycles. The first-order valence-electron chi connectivity index (χ1n) is 5.74. The van der Waals surface area contributed by atoms with Gasteiger partial charge in [0.05, 0.1) is 4.90 Å². The SMILES string of the molecule is Cc1ccc(S(=O)(=O)/C(Cl)=C\c2ccccc2)cc1. The molecule has 0 unspecified atom stereocenters. The smallest absolute Gasteiger partial charge is 0.217 e. The van der Waals surface area contributed by atoms with Gasteiger partial charge in [-0.1, -0.05) is 59.6 Å². The average molecular weight is 293 g/mol. The Morgan fingerprint density at radius 3 is 2.16 bits per heavy atom. The molecule has 0 aliphatic carbocycles. The molecule has 0 spiro atoms. The van der Waals surface area contributed by atoms with E-state index in [9.17, 15) is 8.42 Å². The largest absolute Gasteiger partial charge is 0.218 e. The van der Waals surface area contributed by atoms with E-state index in [0.717, 1.165) is 11.1 Å². The predicted octanol–water partition coefficient (Wildman–Crippen LogP) is 4.01. The molecule has 2 rings (SSSR count). The van der Waals surface area contributed by atoms with E-state index in [0.29, 0.717) is 0 Å². The van der Waals surface area contributed by atoms with E-state index in [1.807, 2.05) is 25.1 Å². The maximum absolute atomic E-state index is 12.2. The third kappa shape index (κ3) is 3.25. The maximum atomic E-state index is 12.2. The van der Waals surface area contributed by atoms with Crippen LogP contribution in [0.25, 0.3) is 6.08 Å². The molecule has 0 aliphatic rings. The Morgan fingerprint density at radius 1 is 1.00 bits per heavy atom. The van der Waals surface area contributed by atoms with Crippen LogP contribution in [-0.2, 0) is 9.84 Å². The zero-order valence-electron chi connectivity index (χ0n) is 10.4. The second-order valence-electron chi connectivity index (χ2n) is 4.18. The van der Waals surface area contributed by atoms with Gasteiger partial charge in [0, 0.05) is 0 Å². The van der Waals surface area contributed by atoms with E-state index in [4.69, 9.17) is 11.6 Å². The molecule has 0 N–H and O–H groups in total. The van der Waals surface area contributed by atoms with Gasteiger partial charge in [-0.2, -0.15) is 0 Å². The summed E-state index contributed by atoms with van der Waals surface area (Å²) in [5.74, 6) is 0. The Balaban J connectivity index is 2.40. The minimum absolute atomic E-state index is 0.178. The molecular formula is C15H13ClO2S. The molecule has 0 fully saturated rings. The fourth-order valence-corrected chi connectivity index (χ4v) is 2.99. The molecule has 0 atom stereocenters. The van der Waals surface area contributed by atoms with Crippen LogP contribution < -0.4 is 0 Å². The Kier molecular flexibility index (Phi) is 4.08. The van der Waals surface area contributed by atoms with Gasteiger partial charge in [-0.25, -0.2) is 8.42 Å². The lowest BCUT2D eigenvalue weighted by molar-refractivity contribution is 0.604. The maximum Gasteiger partial charge on any atom is 0.217 e. The monoisotopic (exact) mass is 292 g/mol. The topological polar surface area (TPSA) is 34.1 Å². The summed E-state index contributed by atoms with van der Waals surface area (Å²) in [5.41, 5.74) is 1.75. The van der Waals surface area contributed by atoms with Gasteiger partial charge in [0.25, 0.3) is 0 Å². The average Bonchev–Trinajstić information content (AvgIpc) is 2.40. The second kappa shape index (κ2) is 5.59. The van der Waals surface area contributed by atoms with Crippen LogP contribution in [0.3, 0.4) is 0 Å². The summed E-state index contributed by atoms with van der Waals surface area (Å²) in [4.78, 5) is 0.204. The molecule has 0 radical (unpaired) electrons. The van der Waals surface area contributed by atoms with Gasteiger partial charge in [0.15, 0.2) is 0 Å². The molecule has 0 saturated heterocycles. The predicted molar refractivity (Wildman–Crippen MR) is 78.6 cm³/mol. The summed E-state index contributed by atoms with van der Waals surface area (Å²) < 4.78 is 24.3. The minimum atomic E-state index is -3.63. The fourth-order valence-electron chi connectivity index (χ4n) is 1.59. The van der Waals surface area contributed by atoms with Crippen molar-refractivity contribution in [1.29, 1.82) is 0 Å². The molecule has 0 amide bonds. The van der Waals surface area contributed by atoms with E-state index in [-0.39, 0.29) is 9.26 Å². The molecule has 0 bridgehead atoms. The summed E-state index contributed by atoms with van der Waals surface area (Å²) >= 11 is 5.95. The van der Waals surface area contributed by atoms with Gasteiger partial charge in [0.1, 0.15) is 4.36 Å². The first-order chi connectivity index (χ1) is 9.00. The van der Waals surface area contributed by atoms with E-state index in [1.165, 1.54) is 6.08 Å². The number of hydrogen-bond donors (Lipinski definition) is 0. The van der Waals surface area contributed by atoms with Crippen LogP contribution in [-0.4, -0.2) is 8.42 Å². The normalized spacial score (nSPS) is 12.4. The number of benzene rings is 2. The van der Waals surface area contributed by atoms with Crippen molar-refractivity contribution in [3.8, 4) is 0 Å². The summed E-state index contributed by atoms with van der Waals surface area (Å²) in [6.07, 6.45) is 1.46. The summed E-state index contributed by atoms with van der Waals surface area (Å²) in [6, 6.07) is 15.7. The molecule has 2 aromatic carbocycles. The summed E-state index contributed by atoms with van der Waals surface area (Å²) in [6.45, 7) is 1.90. The fraction of sp³-hybridized carbons (Fsp3) is 0.0667. The quantitative estimate of drug-likeness (QED) is 0.856. The first-order valence-corrected chi connectivity index (χ1v) is 7.60. The molecule has 98 valence electrons. The summed E-state index contributed by atoms with van der Waals surface area (Å²) in [7, 11) is -3.63. The highest BCUT2D eigenvalue weighted by Gasteiger charge is 2.18. The van der Waals surface area contributed by atoms with Crippen LogP contribution in [0.1, 0.15) is 11.1 Å². The van der Waals surface area contributed by atoms with Crippen molar-refractivity contribution >= 4 is 27.5 Å². The second-order valence-corrected chi connectivity index (χ2v) is 6.73. The lowest BCUT2D eigenvalue weighted by Crippen LogP contribution is -2.00. The van der Waals surface area contributed by atoms with Crippen molar-refractivity contribution in [3.05, 3.63) is 70.1 Å². The van der Waals surface area contributed by atoms with Crippen molar-refractivity contribution in [2.24, 2.45) is 0 Å². The van der Waals surface area contributed by atoms with Crippen molar-refractivity contribution in [3.63, 3.8) is 0 Å². The van der Waals surface area contributed by atoms with E-state index in [1.54, 1.807) is 36.4 Å². The van der Waals surface area contributed by atoms with Crippen molar-refractivity contribution in [1.82, 2.24) is 0 Å². The van der Waals surface area contributed by atoms with E-state index in [2.05, 4.69) is 0 Å². The molecule has 19 heavy (non-hydrogen) atoms. The van der Waals surface area contributed by atoms with Gasteiger partial charge >= 0.3 is 0 Å². The van der Waals surface area contributed by atoms with Gasteiger partial charge in [-0.15, -0.1) is 0 Å². The summed E-state index contributed by atoms with van der Waals surface area (Å²) in [5, 5.41) is 0. The van der Waals surface area contributed by atoms with Crippen LogP contribution in [0.2, 0.25) is 0 Å². The Labute approximate surface area is 118 Å². The van der Waals surface area contributed by atoms with Crippen molar-refractivity contribution in [2.75, 3.05) is 0 Å². The number of hydrogen-bond acceptors (Lipinski definition) is 2. The number of halogens is 1. The molecule has 2 nitrogen and oxygen atoms in total. The van der Waals surface area contributed by atoms with Gasteiger partial charge < -0.3 is 0 Å². The molecule has 4 heteroatoms. The third-order valence-electron chi connectivity index (χ3n) is 2.67. The lowest BCUT2D eigenvalue weighted by Gasteiger charge is -2.03. The standard InChI is InChI=1S/C15H13ClO2S/c1-12-7-9-14(10-8-12)19(17,18)15(16)11-13-5-3-2-4-6-13/h2-11H,1H3/b15-11-. The zero-order valence-corrected chi connectivity index (χ0v) is 11.9. The first kappa shape index (κ1) is 13.8. The molecular weight excluding hydrogens is 280 g/mol. The van der Waals surface area contributed by atoms with Gasteiger partial charge in [-0.3, -0.25) is 0 Å². The van der Waals surface area contributed by atoms with E-state index >= 15 is 0 Å². The molecule has 0 aliphatic heterocycles. The van der Waals surface area contributed by atoms with Crippen LogP contribution in [0.4, 0.5) is 0 Å². The van der Waals surface area contributed by atoms with Crippen LogP contribution in [0.5, 0.6) is 0 Å². The highest BCUT2D eigenvalue weighted by molar-refractivity contribution is 7.97. The van der Waals surface area contributed by atoms with Crippen LogP contribution in [0, 0.1) is 6.92 Å². The minimum Gasteiger partial charge on any atom is -0.218 e.